The molecule has 2 heterocycles. The number of nitrogens with zero attached hydrogens (tertiary/aromatic N) is 1. The van der Waals surface area contributed by atoms with E-state index in [1.165, 1.54) is 11.3 Å². The summed E-state index contributed by atoms with van der Waals surface area (Å²) in [4.78, 5) is 28.0. The van der Waals surface area contributed by atoms with E-state index < -0.39 is 0 Å². The predicted octanol–water partition coefficient (Wildman–Crippen LogP) is 0.272. The van der Waals surface area contributed by atoms with Gasteiger partial charge in [-0.2, -0.15) is 0 Å². The number of thiophene rings is 1. The first-order valence-corrected chi connectivity index (χ1v) is 5.94. The second-order valence-electron chi connectivity index (χ2n) is 3.48. The molecule has 0 atom stereocenters. The molecule has 86 valence electrons. The lowest BCUT2D eigenvalue weighted by Gasteiger charge is -2.00. The van der Waals surface area contributed by atoms with E-state index in [4.69, 9.17) is 5.73 Å². The van der Waals surface area contributed by atoms with Gasteiger partial charge in [0.25, 0.3) is 5.56 Å². The molecule has 3 N–H and O–H groups in total. The Morgan fingerprint density at radius 1 is 1.50 bits per heavy atom. The van der Waals surface area contributed by atoms with Crippen molar-refractivity contribution in [2.24, 2.45) is 5.73 Å². The first-order valence-electron chi connectivity index (χ1n) is 5.13. The average molecular weight is 239 g/mol. The van der Waals surface area contributed by atoms with E-state index in [-0.39, 0.29) is 24.3 Å². The Morgan fingerprint density at radius 2 is 2.25 bits per heavy atom. The summed E-state index contributed by atoms with van der Waals surface area (Å²) in [6.07, 6.45) is 0.859. The van der Waals surface area contributed by atoms with Crippen LogP contribution in [0.4, 0.5) is 0 Å². The number of H-pyrrole nitrogens is 1. The minimum Gasteiger partial charge on any atom is -0.329 e. The molecule has 5 nitrogen and oxygen atoms in total. The van der Waals surface area contributed by atoms with Crippen molar-refractivity contribution >= 4 is 21.6 Å². The van der Waals surface area contributed by atoms with Crippen LogP contribution in [0.1, 0.15) is 11.8 Å². The summed E-state index contributed by atoms with van der Waals surface area (Å²) in [5.74, 6) is 0. The van der Waals surface area contributed by atoms with Gasteiger partial charge in [-0.25, -0.2) is 4.79 Å². The number of aryl methyl sites for hydroxylation is 1. The molecule has 2 aromatic heterocycles. The molecule has 0 aliphatic heterocycles. The molecule has 2 aromatic rings. The Hall–Kier alpha value is -1.40. The van der Waals surface area contributed by atoms with Gasteiger partial charge in [-0.3, -0.25) is 14.3 Å². The first-order chi connectivity index (χ1) is 7.67. The van der Waals surface area contributed by atoms with E-state index >= 15 is 0 Å². The molecule has 0 aromatic carbocycles. The van der Waals surface area contributed by atoms with Crippen LogP contribution < -0.4 is 17.0 Å². The van der Waals surface area contributed by atoms with E-state index in [0.29, 0.717) is 10.2 Å². The number of aromatic nitrogens is 2. The molecule has 0 aliphatic rings. The summed E-state index contributed by atoms with van der Waals surface area (Å²) in [5.41, 5.74) is 4.73. The molecular formula is C10H13N3O2S. The lowest BCUT2D eigenvalue weighted by atomic mass is 10.3. The standard InChI is InChI=1S/C10H13N3O2S/c1-2-6-5-7-8(16-6)12-10(15)13(4-3-11)9(7)14/h5H,2-4,11H2,1H3,(H,12,15). The Labute approximate surface area is 95.5 Å². The van der Waals surface area contributed by atoms with E-state index in [1.807, 2.05) is 13.0 Å². The fourth-order valence-corrected chi connectivity index (χ4v) is 2.58. The number of aromatic amines is 1. The molecule has 0 fully saturated rings. The van der Waals surface area contributed by atoms with Gasteiger partial charge in [-0.05, 0) is 12.5 Å². The zero-order valence-electron chi connectivity index (χ0n) is 8.95. The zero-order chi connectivity index (χ0) is 11.7. The molecule has 0 bridgehead atoms. The van der Waals surface area contributed by atoms with Crippen LogP contribution in [-0.2, 0) is 13.0 Å². The minimum atomic E-state index is -0.382. The SMILES string of the molecule is CCc1cc2c(=O)n(CCN)c(=O)[nH]c2s1. The van der Waals surface area contributed by atoms with Gasteiger partial charge in [0.2, 0.25) is 0 Å². The van der Waals surface area contributed by atoms with Crippen molar-refractivity contribution in [3.05, 3.63) is 31.8 Å². The monoisotopic (exact) mass is 239 g/mol. The van der Waals surface area contributed by atoms with Gasteiger partial charge in [-0.15, -0.1) is 11.3 Å². The van der Waals surface area contributed by atoms with E-state index in [9.17, 15) is 9.59 Å². The highest BCUT2D eigenvalue weighted by Gasteiger charge is 2.09. The zero-order valence-corrected chi connectivity index (χ0v) is 9.76. The maximum atomic E-state index is 12.0. The van der Waals surface area contributed by atoms with Crippen LogP contribution in [0.15, 0.2) is 15.7 Å². The van der Waals surface area contributed by atoms with E-state index in [2.05, 4.69) is 4.98 Å². The van der Waals surface area contributed by atoms with Crippen LogP contribution in [0.3, 0.4) is 0 Å². The maximum Gasteiger partial charge on any atom is 0.329 e. The quantitative estimate of drug-likeness (QED) is 0.806. The molecular weight excluding hydrogens is 226 g/mol. The molecule has 0 aliphatic carbocycles. The minimum absolute atomic E-state index is 0.250. The Kier molecular flexibility index (Phi) is 2.93. The van der Waals surface area contributed by atoms with Crippen LogP contribution in [0.5, 0.6) is 0 Å². The summed E-state index contributed by atoms with van der Waals surface area (Å²) in [6, 6.07) is 1.84. The topological polar surface area (TPSA) is 80.9 Å². The average Bonchev–Trinajstić information content (AvgIpc) is 2.67. The number of hydrogen-bond donors (Lipinski definition) is 2. The number of nitrogens with one attached hydrogen (secondary N) is 1. The highest BCUT2D eigenvalue weighted by molar-refractivity contribution is 7.18. The highest BCUT2D eigenvalue weighted by atomic mass is 32.1. The molecule has 0 unspecified atom stereocenters. The third-order valence-electron chi connectivity index (χ3n) is 2.43. The Morgan fingerprint density at radius 3 is 2.88 bits per heavy atom. The van der Waals surface area contributed by atoms with Crippen molar-refractivity contribution < 1.29 is 0 Å². The van der Waals surface area contributed by atoms with Gasteiger partial charge in [0.1, 0.15) is 4.83 Å². The Balaban J connectivity index is 2.76. The summed E-state index contributed by atoms with van der Waals surface area (Å²) in [7, 11) is 0. The molecule has 0 spiro atoms. The van der Waals surface area contributed by atoms with Crippen LogP contribution in [0.25, 0.3) is 10.2 Å². The molecule has 16 heavy (non-hydrogen) atoms. The fourth-order valence-electron chi connectivity index (χ4n) is 1.60. The van der Waals surface area contributed by atoms with Crippen molar-refractivity contribution in [2.45, 2.75) is 19.9 Å². The summed E-state index contributed by atoms with van der Waals surface area (Å²) in [5, 5.41) is 0.579. The molecule has 2 rings (SSSR count). The second-order valence-corrected chi connectivity index (χ2v) is 4.62. The fraction of sp³-hybridized carbons (Fsp3) is 0.400. The summed E-state index contributed by atoms with van der Waals surface area (Å²) < 4.78 is 1.15. The van der Waals surface area contributed by atoms with E-state index in [0.717, 1.165) is 15.9 Å². The van der Waals surface area contributed by atoms with Crippen molar-refractivity contribution in [1.29, 1.82) is 0 Å². The Bertz CT molecular complexity index is 623. The lowest BCUT2D eigenvalue weighted by Crippen LogP contribution is -2.36. The van der Waals surface area contributed by atoms with Crippen LogP contribution in [0.2, 0.25) is 0 Å². The van der Waals surface area contributed by atoms with Gasteiger partial charge in [0.15, 0.2) is 0 Å². The summed E-state index contributed by atoms with van der Waals surface area (Å²) >= 11 is 1.45. The highest BCUT2D eigenvalue weighted by Crippen LogP contribution is 2.20. The van der Waals surface area contributed by atoms with Gasteiger partial charge in [0.05, 0.1) is 5.39 Å². The molecule has 0 saturated carbocycles. The van der Waals surface area contributed by atoms with Crippen molar-refractivity contribution in [3.8, 4) is 0 Å². The number of hydrogen-bond acceptors (Lipinski definition) is 4. The second kappa shape index (κ2) is 4.23. The third-order valence-corrected chi connectivity index (χ3v) is 3.62. The normalized spacial score (nSPS) is 11.1. The van der Waals surface area contributed by atoms with Gasteiger partial charge in [-0.1, -0.05) is 6.92 Å². The maximum absolute atomic E-state index is 12.0. The molecule has 6 heteroatoms. The van der Waals surface area contributed by atoms with Gasteiger partial charge in [0, 0.05) is 18.0 Å². The molecule has 0 amide bonds. The van der Waals surface area contributed by atoms with Crippen LogP contribution in [-0.4, -0.2) is 16.1 Å². The number of fused-ring (bicyclic) bond motifs is 1. The lowest BCUT2D eigenvalue weighted by molar-refractivity contribution is 0.647. The van der Waals surface area contributed by atoms with Crippen molar-refractivity contribution in [2.75, 3.05) is 6.54 Å². The molecule has 0 saturated heterocycles. The smallest absolute Gasteiger partial charge is 0.329 e. The van der Waals surface area contributed by atoms with Gasteiger partial charge >= 0.3 is 5.69 Å². The van der Waals surface area contributed by atoms with Crippen LogP contribution >= 0.6 is 11.3 Å². The van der Waals surface area contributed by atoms with Crippen LogP contribution in [0, 0.1) is 0 Å². The number of nitrogens with two attached hydrogens (primary N) is 1. The van der Waals surface area contributed by atoms with Gasteiger partial charge < -0.3 is 5.73 Å². The van der Waals surface area contributed by atoms with E-state index in [1.54, 1.807) is 0 Å². The number of rotatable bonds is 3. The third kappa shape index (κ3) is 1.70. The first kappa shape index (κ1) is 11.1. The van der Waals surface area contributed by atoms with Crippen molar-refractivity contribution in [1.82, 2.24) is 9.55 Å². The molecule has 0 radical (unpaired) electrons. The predicted molar refractivity (Wildman–Crippen MR) is 65.1 cm³/mol. The largest absolute Gasteiger partial charge is 0.329 e. The summed E-state index contributed by atoms with van der Waals surface area (Å²) in [6.45, 7) is 2.54. The van der Waals surface area contributed by atoms with Crippen molar-refractivity contribution in [3.63, 3.8) is 0 Å².